The van der Waals surface area contributed by atoms with Gasteiger partial charge in [0, 0.05) is 22.8 Å². The van der Waals surface area contributed by atoms with Gasteiger partial charge in [0.15, 0.2) is 5.17 Å². The zero-order chi connectivity index (χ0) is 13.2. The van der Waals surface area contributed by atoms with Crippen molar-refractivity contribution >= 4 is 40.2 Å². The van der Waals surface area contributed by atoms with Gasteiger partial charge in [-0.3, -0.25) is 4.79 Å². The Morgan fingerprint density at radius 3 is 2.74 bits per heavy atom. The van der Waals surface area contributed by atoms with Crippen molar-refractivity contribution < 1.29 is 4.79 Å². The third-order valence-electron chi connectivity index (χ3n) is 3.27. The van der Waals surface area contributed by atoms with E-state index < -0.39 is 0 Å². The first kappa shape index (κ1) is 12.9. The van der Waals surface area contributed by atoms with Gasteiger partial charge < -0.3 is 4.90 Å². The minimum atomic E-state index is -0.0865. The van der Waals surface area contributed by atoms with E-state index in [9.17, 15) is 4.79 Å². The molecule has 0 unspecified atom stereocenters. The summed E-state index contributed by atoms with van der Waals surface area (Å²) in [5, 5.41) is 0.893. The van der Waals surface area contributed by atoms with Crippen LogP contribution in [0.1, 0.15) is 29.0 Å². The number of likely N-dealkylation sites (tertiary alicyclic amines) is 1. The van der Waals surface area contributed by atoms with Gasteiger partial charge in [-0.1, -0.05) is 0 Å². The fourth-order valence-electron chi connectivity index (χ4n) is 2.28. The van der Waals surface area contributed by atoms with Gasteiger partial charge in [-0.15, -0.1) is 11.3 Å². The number of amides is 1. The molecule has 19 heavy (non-hydrogen) atoms. The van der Waals surface area contributed by atoms with E-state index in [-0.39, 0.29) is 5.91 Å². The van der Waals surface area contributed by atoms with Gasteiger partial charge in [0.1, 0.15) is 0 Å². The Bertz CT molecular complexity index is 554. The van der Waals surface area contributed by atoms with Crippen LogP contribution in [0.5, 0.6) is 0 Å². The molecule has 2 aliphatic rings. The van der Waals surface area contributed by atoms with E-state index in [1.165, 1.54) is 35.9 Å². The monoisotopic (exact) mass is 292 g/mol. The molecule has 0 aliphatic carbocycles. The molecule has 0 atom stereocenters. The standard InChI is InChI=1S/C14H16N2OS2/c1-10-5-6-11(18-10)9-12-13(17)15-14(19-12)16-7-3-2-4-8-16/h5-6,9H,2-4,7-8H2,1H3/b12-9-. The van der Waals surface area contributed by atoms with Gasteiger partial charge in [0.2, 0.25) is 0 Å². The summed E-state index contributed by atoms with van der Waals surface area (Å²) in [4.78, 5) is 21.5. The van der Waals surface area contributed by atoms with E-state index in [2.05, 4.69) is 28.9 Å². The van der Waals surface area contributed by atoms with Crippen LogP contribution in [0, 0.1) is 6.92 Å². The molecule has 0 spiro atoms. The smallest absolute Gasteiger partial charge is 0.286 e. The molecule has 3 nitrogen and oxygen atoms in total. The maximum atomic E-state index is 11.9. The summed E-state index contributed by atoms with van der Waals surface area (Å²) < 4.78 is 0. The molecule has 0 aromatic carbocycles. The Morgan fingerprint density at radius 2 is 2.05 bits per heavy atom. The van der Waals surface area contributed by atoms with Crippen molar-refractivity contribution in [3.05, 3.63) is 26.8 Å². The van der Waals surface area contributed by atoms with Crippen LogP contribution in [0.15, 0.2) is 22.0 Å². The largest absolute Gasteiger partial charge is 0.351 e. The summed E-state index contributed by atoms with van der Waals surface area (Å²) >= 11 is 3.23. The molecule has 1 aromatic heterocycles. The second kappa shape index (κ2) is 5.51. The van der Waals surface area contributed by atoms with E-state index in [4.69, 9.17) is 0 Å². The van der Waals surface area contributed by atoms with Crippen LogP contribution in [0.25, 0.3) is 6.08 Å². The first-order valence-electron chi connectivity index (χ1n) is 6.56. The Kier molecular flexibility index (Phi) is 3.75. The molecule has 3 rings (SSSR count). The van der Waals surface area contributed by atoms with Gasteiger partial charge in [-0.05, 0) is 56.2 Å². The number of hydrogen-bond donors (Lipinski definition) is 0. The molecule has 1 amide bonds. The Hall–Kier alpha value is -1.07. The molecule has 0 N–H and O–H groups in total. The lowest BCUT2D eigenvalue weighted by Crippen LogP contribution is -2.33. The van der Waals surface area contributed by atoms with Crippen molar-refractivity contribution in [1.29, 1.82) is 0 Å². The number of thioether (sulfide) groups is 1. The van der Waals surface area contributed by atoms with E-state index in [0.29, 0.717) is 0 Å². The summed E-state index contributed by atoms with van der Waals surface area (Å²) in [6.07, 6.45) is 5.67. The molecule has 0 radical (unpaired) electrons. The van der Waals surface area contributed by atoms with E-state index in [1.54, 1.807) is 11.3 Å². The summed E-state index contributed by atoms with van der Waals surface area (Å²) in [7, 11) is 0. The van der Waals surface area contributed by atoms with Crippen molar-refractivity contribution in [2.45, 2.75) is 26.2 Å². The van der Waals surface area contributed by atoms with Gasteiger partial charge in [0.25, 0.3) is 5.91 Å². The Morgan fingerprint density at radius 1 is 1.26 bits per heavy atom. The van der Waals surface area contributed by atoms with Gasteiger partial charge in [0.05, 0.1) is 4.91 Å². The maximum absolute atomic E-state index is 11.9. The molecule has 2 aliphatic heterocycles. The predicted octanol–water partition coefficient (Wildman–Crippen LogP) is 3.51. The molecule has 3 heterocycles. The number of carbonyl (C=O) groups is 1. The van der Waals surface area contributed by atoms with Gasteiger partial charge in [-0.2, -0.15) is 4.99 Å². The summed E-state index contributed by atoms with van der Waals surface area (Å²) in [6.45, 7) is 4.14. The average Bonchev–Trinajstić information content (AvgIpc) is 2.98. The number of nitrogens with zero attached hydrogens (tertiary/aromatic N) is 2. The van der Waals surface area contributed by atoms with E-state index >= 15 is 0 Å². The quantitative estimate of drug-likeness (QED) is 0.743. The Balaban J connectivity index is 1.74. The normalized spacial score (nSPS) is 22.2. The van der Waals surface area contributed by atoms with Crippen molar-refractivity contribution in [2.24, 2.45) is 4.99 Å². The molecule has 0 bridgehead atoms. The number of piperidine rings is 1. The summed E-state index contributed by atoms with van der Waals surface area (Å²) in [6, 6.07) is 4.13. The van der Waals surface area contributed by atoms with Crippen LogP contribution in [0.2, 0.25) is 0 Å². The number of hydrogen-bond acceptors (Lipinski definition) is 4. The summed E-state index contributed by atoms with van der Waals surface area (Å²) in [5.74, 6) is -0.0865. The average molecular weight is 292 g/mol. The number of amidine groups is 1. The molecule has 1 saturated heterocycles. The highest BCUT2D eigenvalue weighted by molar-refractivity contribution is 8.18. The maximum Gasteiger partial charge on any atom is 0.286 e. The number of thiophene rings is 1. The SMILES string of the molecule is Cc1ccc(/C=C2\SC(N3CCCCC3)=NC2=O)s1. The van der Waals surface area contributed by atoms with Crippen LogP contribution < -0.4 is 0 Å². The molecule has 1 aromatic rings. The summed E-state index contributed by atoms with van der Waals surface area (Å²) in [5.41, 5.74) is 0. The first-order valence-corrected chi connectivity index (χ1v) is 8.19. The van der Waals surface area contributed by atoms with Crippen LogP contribution in [0.4, 0.5) is 0 Å². The predicted molar refractivity (Wildman–Crippen MR) is 82.5 cm³/mol. The van der Waals surface area contributed by atoms with E-state index in [0.717, 1.165) is 28.0 Å². The molecule has 0 saturated carbocycles. The highest BCUT2D eigenvalue weighted by Crippen LogP contribution is 2.32. The minimum Gasteiger partial charge on any atom is -0.351 e. The topological polar surface area (TPSA) is 32.7 Å². The lowest BCUT2D eigenvalue weighted by Gasteiger charge is -2.27. The molecular weight excluding hydrogens is 276 g/mol. The number of aryl methyl sites for hydroxylation is 1. The lowest BCUT2D eigenvalue weighted by molar-refractivity contribution is -0.113. The van der Waals surface area contributed by atoms with Crippen LogP contribution in [-0.4, -0.2) is 29.1 Å². The number of carbonyl (C=O) groups excluding carboxylic acids is 1. The first-order chi connectivity index (χ1) is 9.22. The highest BCUT2D eigenvalue weighted by Gasteiger charge is 2.26. The van der Waals surface area contributed by atoms with Crippen LogP contribution >= 0.6 is 23.1 Å². The second-order valence-corrected chi connectivity index (χ2v) is 7.13. The molecule has 1 fully saturated rings. The third kappa shape index (κ3) is 2.92. The highest BCUT2D eigenvalue weighted by atomic mass is 32.2. The lowest BCUT2D eigenvalue weighted by atomic mass is 10.1. The zero-order valence-electron chi connectivity index (χ0n) is 10.9. The molecular formula is C14H16N2OS2. The van der Waals surface area contributed by atoms with Crippen LogP contribution in [-0.2, 0) is 4.79 Å². The fraction of sp³-hybridized carbons (Fsp3) is 0.429. The Labute approximate surface area is 121 Å². The molecule has 100 valence electrons. The minimum absolute atomic E-state index is 0.0865. The van der Waals surface area contributed by atoms with Gasteiger partial charge in [-0.25, -0.2) is 0 Å². The second-order valence-electron chi connectivity index (χ2n) is 4.81. The zero-order valence-corrected chi connectivity index (χ0v) is 12.5. The fourth-order valence-corrected chi connectivity index (χ4v) is 4.13. The number of rotatable bonds is 1. The van der Waals surface area contributed by atoms with E-state index in [1.807, 2.05) is 6.08 Å². The van der Waals surface area contributed by atoms with Crippen molar-refractivity contribution in [3.63, 3.8) is 0 Å². The van der Waals surface area contributed by atoms with Crippen molar-refractivity contribution in [2.75, 3.05) is 13.1 Å². The van der Waals surface area contributed by atoms with Crippen molar-refractivity contribution in [1.82, 2.24) is 4.90 Å². The third-order valence-corrected chi connectivity index (χ3v) is 5.26. The molecule has 5 heteroatoms. The number of aliphatic imine (C=N–C) groups is 1. The van der Waals surface area contributed by atoms with Crippen molar-refractivity contribution in [3.8, 4) is 0 Å². The van der Waals surface area contributed by atoms with Gasteiger partial charge >= 0.3 is 0 Å². The van der Waals surface area contributed by atoms with Crippen LogP contribution in [0.3, 0.4) is 0 Å².